The Balaban J connectivity index is 2.15. The predicted octanol–water partition coefficient (Wildman–Crippen LogP) is 1.71. The molecule has 0 saturated carbocycles. The number of amides is 2. The van der Waals surface area contributed by atoms with Crippen molar-refractivity contribution in [3.63, 3.8) is 0 Å². The van der Waals surface area contributed by atoms with Crippen LogP contribution in [0.3, 0.4) is 0 Å². The smallest absolute Gasteiger partial charge is 0.254 e. The van der Waals surface area contributed by atoms with Crippen LogP contribution in [0.15, 0.2) is 18.2 Å². The van der Waals surface area contributed by atoms with Crippen LogP contribution in [0.1, 0.15) is 23.2 Å². The van der Waals surface area contributed by atoms with Gasteiger partial charge in [0.15, 0.2) is 0 Å². The summed E-state index contributed by atoms with van der Waals surface area (Å²) in [6, 6.07) is 4.12. The lowest BCUT2D eigenvalue weighted by atomic mass is 10.1. The van der Waals surface area contributed by atoms with Crippen LogP contribution in [-0.2, 0) is 4.79 Å². The fourth-order valence-corrected chi connectivity index (χ4v) is 2.95. The fraction of sp³-hybridized carbons (Fsp3) is 0.429. The normalized spacial score (nSPS) is 17.9. The standard InChI is InChI=1S/C14H16Cl2N2O3/c15-10-6-9(7-11(16)8-10)14(21)18-4-1-2-12(18)13(20)17-3-5-19/h6-8,12,19H,1-5H2,(H,17,20). The van der Waals surface area contributed by atoms with Crippen molar-refractivity contribution in [2.45, 2.75) is 18.9 Å². The largest absolute Gasteiger partial charge is 0.395 e. The molecule has 1 saturated heterocycles. The quantitative estimate of drug-likeness (QED) is 0.882. The van der Waals surface area contributed by atoms with Crippen LogP contribution in [-0.4, -0.2) is 47.6 Å². The Hall–Kier alpha value is -1.30. The summed E-state index contributed by atoms with van der Waals surface area (Å²) in [5, 5.41) is 12.1. The minimum Gasteiger partial charge on any atom is -0.395 e. The van der Waals surface area contributed by atoms with E-state index in [1.165, 1.54) is 17.0 Å². The van der Waals surface area contributed by atoms with Crippen molar-refractivity contribution in [1.82, 2.24) is 10.2 Å². The van der Waals surface area contributed by atoms with Crippen LogP contribution in [0.5, 0.6) is 0 Å². The topological polar surface area (TPSA) is 69.6 Å². The molecule has 0 spiro atoms. The zero-order chi connectivity index (χ0) is 15.4. The molecule has 1 aliphatic heterocycles. The number of halogens is 2. The van der Waals surface area contributed by atoms with Crippen LogP contribution in [0.2, 0.25) is 10.0 Å². The lowest BCUT2D eigenvalue weighted by Crippen LogP contribution is -2.46. The number of aliphatic hydroxyl groups excluding tert-OH is 1. The third kappa shape index (κ3) is 3.87. The average molecular weight is 331 g/mol. The number of carbonyl (C=O) groups is 2. The van der Waals surface area contributed by atoms with Crippen LogP contribution >= 0.6 is 23.2 Å². The van der Waals surface area contributed by atoms with Gasteiger partial charge in [0.05, 0.1) is 6.61 Å². The Labute approximate surface area is 132 Å². The monoisotopic (exact) mass is 330 g/mol. The highest BCUT2D eigenvalue weighted by Crippen LogP contribution is 2.24. The van der Waals surface area contributed by atoms with Gasteiger partial charge in [-0.15, -0.1) is 0 Å². The number of likely N-dealkylation sites (tertiary alicyclic amines) is 1. The van der Waals surface area contributed by atoms with E-state index in [2.05, 4.69) is 5.32 Å². The van der Waals surface area contributed by atoms with Crippen LogP contribution < -0.4 is 5.32 Å². The minimum absolute atomic E-state index is 0.129. The first-order valence-corrected chi connectivity index (χ1v) is 7.44. The van der Waals surface area contributed by atoms with Crippen molar-refractivity contribution in [1.29, 1.82) is 0 Å². The van der Waals surface area contributed by atoms with E-state index in [0.717, 1.165) is 6.42 Å². The maximum Gasteiger partial charge on any atom is 0.254 e. The molecular formula is C14H16Cl2N2O3. The summed E-state index contributed by atoms with van der Waals surface area (Å²) in [6.07, 6.45) is 1.37. The van der Waals surface area contributed by atoms with Gasteiger partial charge in [-0.2, -0.15) is 0 Å². The number of nitrogens with zero attached hydrogens (tertiary/aromatic N) is 1. The Bertz CT molecular complexity index is 531. The second kappa shape index (κ2) is 7.11. The summed E-state index contributed by atoms with van der Waals surface area (Å²) < 4.78 is 0. The molecule has 1 atom stereocenters. The van der Waals surface area contributed by atoms with Crippen LogP contribution in [0.4, 0.5) is 0 Å². The highest BCUT2D eigenvalue weighted by atomic mass is 35.5. The zero-order valence-corrected chi connectivity index (χ0v) is 12.8. The van der Waals surface area contributed by atoms with E-state index in [1.807, 2.05) is 0 Å². The van der Waals surface area contributed by atoms with E-state index >= 15 is 0 Å². The van der Waals surface area contributed by atoms with Gasteiger partial charge in [0.25, 0.3) is 5.91 Å². The first kappa shape index (κ1) is 16.1. The molecule has 0 radical (unpaired) electrons. The van der Waals surface area contributed by atoms with Crippen molar-refractivity contribution in [2.75, 3.05) is 19.7 Å². The maximum atomic E-state index is 12.5. The van der Waals surface area contributed by atoms with Crippen molar-refractivity contribution in [3.05, 3.63) is 33.8 Å². The molecule has 2 N–H and O–H groups in total. The van der Waals surface area contributed by atoms with E-state index in [-0.39, 0.29) is 25.0 Å². The molecule has 1 fully saturated rings. The molecule has 2 rings (SSSR count). The second-order valence-corrected chi connectivity index (χ2v) is 5.70. The van der Waals surface area contributed by atoms with Gasteiger partial charge in [-0.1, -0.05) is 23.2 Å². The number of hydrogen-bond donors (Lipinski definition) is 2. The Morgan fingerprint density at radius 2 is 1.95 bits per heavy atom. The molecule has 114 valence electrons. The highest BCUT2D eigenvalue weighted by Gasteiger charge is 2.34. The van der Waals surface area contributed by atoms with Gasteiger partial charge >= 0.3 is 0 Å². The molecule has 7 heteroatoms. The third-order valence-electron chi connectivity index (χ3n) is 3.34. The first-order valence-electron chi connectivity index (χ1n) is 6.68. The molecule has 2 amide bonds. The average Bonchev–Trinajstić information content (AvgIpc) is 2.92. The van der Waals surface area contributed by atoms with Gasteiger partial charge in [-0.05, 0) is 31.0 Å². The van der Waals surface area contributed by atoms with Crippen molar-refractivity contribution < 1.29 is 14.7 Å². The number of nitrogens with one attached hydrogen (secondary N) is 1. The molecule has 1 heterocycles. The molecule has 0 aliphatic carbocycles. The molecule has 1 aliphatic rings. The molecule has 0 bridgehead atoms. The number of aliphatic hydroxyl groups is 1. The number of carbonyl (C=O) groups excluding carboxylic acids is 2. The lowest BCUT2D eigenvalue weighted by molar-refractivity contribution is -0.125. The number of rotatable bonds is 4. The number of hydrogen-bond acceptors (Lipinski definition) is 3. The summed E-state index contributed by atoms with van der Waals surface area (Å²) in [6.45, 7) is 0.566. The third-order valence-corrected chi connectivity index (χ3v) is 3.77. The van der Waals surface area contributed by atoms with E-state index in [0.29, 0.717) is 28.6 Å². The zero-order valence-electron chi connectivity index (χ0n) is 11.3. The van der Waals surface area contributed by atoms with Crippen molar-refractivity contribution >= 4 is 35.0 Å². The van der Waals surface area contributed by atoms with Gasteiger partial charge in [-0.25, -0.2) is 0 Å². The summed E-state index contributed by atoms with van der Waals surface area (Å²) in [7, 11) is 0. The molecule has 1 unspecified atom stereocenters. The van der Waals surface area contributed by atoms with Crippen molar-refractivity contribution in [3.8, 4) is 0 Å². The molecule has 1 aromatic rings. The fourth-order valence-electron chi connectivity index (χ4n) is 2.42. The summed E-state index contributed by atoms with van der Waals surface area (Å²) in [5.74, 6) is -0.510. The second-order valence-electron chi connectivity index (χ2n) is 4.83. The summed E-state index contributed by atoms with van der Waals surface area (Å²) >= 11 is 11.8. The van der Waals surface area contributed by atoms with Gasteiger partial charge in [-0.3, -0.25) is 9.59 Å². The van der Waals surface area contributed by atoms with Gasteiger partial charge in [0, 0.05) is 28.7 Å². The van der Waals surface area contributed by atoms with Crippen molar-refractivity contribution in [2.24, 2.45) is 0 Å². The molecule has 21 heavy (non-hydrogen) atoms. The Morgan fingerprint density at radius 3 is 2.57 bits per heavy atom. The van der Waals surface area contributed by atoms with Crippen LogP contribution in [0, 0.1) is 0 Å². The van der Waals surface area contributed by atoms with E-state index in [1.54, 1.807) is 6.07 Å². The highest BCUT2D eigenvalue weighted by molar-refractivity contribution is 6.35. The Kier molecular flexibility index (Phi) is 5.45. The van der Waals surface area contributed by atoms with E-state index in [4.69, 9.17) is 28.3 Å². The molecule has 0 aromatic heterocycles. The number of benzene rings is 1. The molecular weight excluding hydrogens is 315 g/mol. The molecule has 1 aromatic carbocycles. The summed E-state index contributed by atoms with van der Waals surface area (Å²) in [5.41, 5.74) is 0.370. The van der Waals surface area contributed by atoms with Gasteiger partial charge in [0.2, 0.25) is 5.91 Å². The summed E-state index contributed by atoms with van der Waals surface area (Å²) in [4.78, 5) is 26.1. The Morgan fingerprint density at radius 1 is 1.29 bits per heavy atom. The van der Waals surface area contributed by atoms with E-state index in [9.17, 15) is 9.59 Å². The van der Waals surface area contributed by atoms with Gasteiger partial charge < -0.3 is 15.3 Å². The maximum absolute atomic E-state index is 12.5. The van der Waals surface area contributed by atoms with E-state index < -0.39 is 6.04 Å². The lowest BCUT2D eigenvalue weighted by Gasteiger charge is -2.24. The molecule has 5 nitrogen and oxygen atoms in total. The minimum atomic E-state index is -0.512. The van der Waals surface area contributed by atoms with Gasteiger partial charge in [0.1, 0.15) is 6.04 Å². The van der Waals surface area contributed by atoms with Crippen LogP contribution in [0.25, 0.3) is 0 Å². The SMILES string of the molecule is O=C(NCCO)C1CCCN1C(=O)c1cc(Cl)cc(Cl)c1. The predicted molar refractivity (Wildman–Crippen MR) is 80.6 cm³/mol. The first-order chi connectivity index (χ1) is 10.0.